The van der Waals surface area contributed by atoms with Gasteiger partial charge in [0, 0.05) is 6.92 Å². The Hall–Kier alpha value is -3.75. The molecule has 0 saturated heterocycles. The molecule has 2 aromatic carbocycles. The van der Waals surface area contributed by atoms with E-state index in [1.807, 2.05) is 24.3 Å². The van der Waals surface area contributed by atoms with E-state index in [2.05, 4.69) is 20.8 Å². The van der Waals surface area contributed by atoms with Crippen molar-refractivity contribution in [3.8, 4) is 11.5 Å². The van der Waals surface area contributed by atoms with E-state index in [0.717, 1.165) is 5.52 Å². The maximum Gasteiger partial charge on any atom is 0.308 e. The van der Waals surface area contributed by atoms with Gasteiger partial charge >= 0.3 is 5.97 Å². The zero-order chi connectivity index (χ0) is 20.1. The molecule has 9 heteroatoms. The molecule has 1 aromatic heterocycles. The highest BCUT2D eigenvalue weighted by Gasteiger charge is 2.18. The first-order chi connectivity index (χ1) is 13.5. The number of methoxy groups -OCH3 is 1. The number of carbonyl (C=O) groups is 2. The van der Waals surface area contributed by atoms with Gasteiger partial charge in [0.1, 0.15) is 11.6 Å². The van der Waals surface area contributed by atoms with E-state index in [1.54, 1.807) is 25.1 Å². The number of ether oxygens (including phenoxy) is 2. The van der Waals surface area contributed by atoms with Crippen LogP contribution in [0.5, 0.6) is 11.5 Å². The van der Waals surface area contributed by atoms with Crippen molar-refractivity contribution < 1.29 is 19.1 Å². The van der Waals surface area contributed by atoms with Gasteiger partial charge in [-0.05, 0) is 42.8 Å². The number of esters is 1. The maximum absolute atomic E-state index is 12.4. The average molecular weight is 381 g/mol. The minimum Gasteiger partial charge on any atom is -0.493 e. The van der Waals surface area contributed by atoms with E-state index in [0.29, 0.717) is 22.6 Å². The van der Waals surface area contributed by atoms with Crippen LogP contribution >= 0.6 is 0 Å². The monoisotopic (exact) mass is 381 g/mol. The Morgan fingerprint density at radius 3 is 2.75 bits per heavy atom. The number of hydrogen-bond donors (Lipinski definition) is 1. The lowest BCUT2D eigenvalue weighted by molar-refractivity contribution is -0.132. The summed E-state index contributed by atoms with van der Waals surface area (Å²) in [5, 5.41) is 12.0. The molecule has 1 atom stereocenters. The molecular weight excluding hydrogens is 362 g/mol. The van der Waals surface area contributed by atoms with E-state index in [1.165, 1.54) is 24.9 Å². The number of carbonyl (C=O) groups excluding carboxylic acids is 2. The van der Waals surface area contributed by atoms with Gasteiger partial charge in [0.15, 0.2) is 11.5 Å². The quantitative estimate of drug-likeness (QED) is 0.303. The zero-order valence-electron chi connectivity index (χ0n) is 15.6. The van der Waals surface area contributed by atoms with E-state index < -0.39 is 12.0 Å². The molecule has 0 aliphatic carbocycles. The van der Waals surface area contributed by atoms with Crippen LogP contribution < -0.4 is 14.9 Å². The predicted octanol–water partition coefficient (Wildman–Crippen LogP) is 2.08. The number of fused-ring (bicyclic) bond motifs is 1. The zero-order valence-corrected chi connectivity index (χ0v) is 15.6. The van der Waals surface area contributed by atoms with E-state index >= 15 is 0 Å². The molecule has 1 N–H and O–H groups in total. The Bertz CT molecular complexity index is 1040. The smallest absolute Gasteiger partial charge is 0.308 e. The second-order valence-electron chi connectivity index (χ2n) is 5.94. The Balaban J connectivity index is 1.68. The first-order valence-corrected chi connectivity index (χ1v) is 8.49. The first-order valence-electron chi connectivity index (χ1n) is 8.49. The van der Waals surface area contributed by atoms with Crippen LogP contribution in [0, 0.1) is 0 Å². The minimum absolute atomic E-state index is 0.308. The summed E-state index contributed by atoms with van der Waals surface area (Å²) in [4.78, 5) is 23.5. The summed E-state index contributed by atoms with van der Waals surface area (Å²) < 4.78 is 11.8. The summed E-state index contributed by atoms with van der Waals surface area (Å²) in [6.07, 6.45) is 1.46. The van der Waals surface area contributed by atoms with Crippen LogP contribution in [-0.2, 0) is 9.59 Å². The SMILES string of the molecule is COc1cc(/C=N/NC(=O)C(C)n2nnc3ccccc32)ccc1OC(C)=O. The van der Waals surface area contributed by atoms with Crippen LogP contribution in [0.4, 0.5) is 0 Å². The molecule has 0 fully saturated rings. The molecule has 0 bridgehead atoms. The number of aromatic nitrogens is 3. The van der Waals surface area contributed by atoms with Crippen LogP contribution in [0.3, 0.4) is 0 Å². The minimum atomic E-state index is -0.592. The fourth-order valence-electron chi connectivity index (χ4n) is 2.55. The Kier molecular flexibility index (Phi) is 5.64. The van der Waals surface area contributed by atoms with Crippen LogP contribution in [0.25, 0.3) is 11.0 Å². The molecule has 0 aliphatic heterocycles. The molecule has 1 unspecified atom stereocenters. The molecule has 1 amide bonds. The largest absolute Gasteiger partial charge is 0.493 e. The third kappa shape index (κ3) is 4.14. The number of nitrogens with zero attached hydrogens (tertiary/aromatic N) is 4. The lowest BCUT2D eigenvalue weighted by Gasteiger charge is -2.10. The number of hydrogen-bond acceptors (Lipinski definition) is 7. The summed E-state index contributed by atoms with van der Waals surface area (Å²) in [6.45, 7) is 3.02. The van der Waals surface area contributed by atoms with Gasteiger partial charge in [0.2, 0.25) is 0 Å². The first kappa shape index (κ1) is 19.0. The molecule has 28 heavy (non-hydrogen) atoms. The fourth-order valence-corrected chi connectivity index (χ4v) is 2.55. The molecule has 3 aromatic rings. The maximum atomic E-state index is 12.4. The molecule has 0 saturated carbocycles. The molecule has 0 radical (unpaired) electrons. The van der Waals surface area contributed by atoms with Gasteiger partial charge in [-0.2, -0.15) is 5.10 Å². The van der Waals surface area contributed by atoms with Crippen molar-refractivity contribution in [1.82, 2.24) is 20.4 Å². The van der Waals surface area contributed by atoms with Crippen molar-refractivity contribution >= 4 is 29.1 Å². The third-order valence-corrected chi connectivity index (χ3v) is 3.95. The van der Waals surface area contributed by atoms with Gasteiger partial charge in [-0.3, -0.25) is 9.59 Å². The van der Waals surface area contributed by atoms with Crippen molar-refractivity contribution in [3.63, 3.8) is 0 Å². The number of hydrazone groups is 1. The highest BCUT2D eigenvalue weighted by atomic mass is 16.6. The molecule has 1 heterocycles. The molecule has 0 aliphatic rings. The lowest BCUT2D eigenvalue weighted by Crippen LogP contribution is -2.28. The average Bonchev–Trinajstić information content (AvgIpc) is 3.12. The molecule has 144 valence electrons. The van der Waals surface area contributed by atoms with Crippen LogP contribution in [0.15, 0.2) is 47.6 Å². The van der Waals surface area contributed by atoms with Crippen LogP contribution in [0.2, 0.25) is 0 Å². The Morgan fingerprint density at radius 1 is 1.21 bits per heavy atom. The van der Waals surface area contributed by atoms with Crippen molar-refractivity contribution in [3.05, 3.63) is 48.0 Å². The van der Waals surface area contributed by atoms with Gasteiger partial charge < -0.3 is 9.47 Å². The highest BCUT2D eigenvalue weighted by molar-refractivity contribution is 5.86. The van der Waals surface area contributed by atoms with Crippen molar-refractivity contribution in [2.45, 2.75) is 19.9 Å². The number of rotatable bonds is 6. The lowest BCUT2D eigenvalue weighted by atomic mass is 10.2. The number of nitrogens with one attached hydrogen (secondary N) is 1. The van der Waals surface area contributed by atoms with Crippen molar-refractivity contribution in [2.24, 2.45) is 5.10 Å². The van der Waals surface area contributed by atoms with Crippen molar-refractivity contribution in [2.75, 3.05) is 7.11 Å². The summed E-state index contributed by atoms with van der Waals surface area (Å²) in [5.74, 6) is -0.0900. The Labute approximate surface area is 160 Å². The standard InChI is InChI=1S/C19H19N5O4/c1-12(24-16-7-5-4-6-15(16)21-23-24)19(26)22-20-11-14-8-9-17(28-13(2)25)18(10-14)27-3/h4-12H,1-3H3,(H,22,26)/b20-11+. The Morgan fingerprint density at radius 2 is 2.00 bits per heavy atom. The normalized spacial score (nSPS) is 12.1. The van der Waals surface area contributed by atoms with Crippen molar-refractivity contribution in [1.29, 1.82) is 0 Å². The van der Waals surface area contributed by atoms with Gasteiger partial charge in [0.25, 0.3) is 5.91 Å². The van der Waals surface area contributed by atoms with E-state index in [4.69, 9.17) is 9.47 Å². The van der Waals surface area contributed by atoms with E-state index in [-0.39, 0.29) is 5.91 Å². The predicted molar refractivity (Wildman–Crippen MR) is 102 cm³/mol. The van der Waals surface area contributed by atoms with Gasteiger partial charge in [0.05, 0.1) is 18.8 Å². The fraction of sp³-hybridized carbons (Fsp3) is 0.211. The van der Waals surface area contributed by atoms with Gasteiger partial charge in [-0.15, -0.1) is 5.10 Å². The van der Waals surface area contributed by atoms with Gasteiger partial charge in [-0.25, -0.2) is 10.1 Å². The summed E-state index contributed by atoms with van der Waals surface area (Å²) in [6, 6.07) is 11.7. The van der Waals surface area contributed by atoms with Crippen LogP contribution in [-0.4, -0.2) is 40.2 Å². The topological polar surface area (TPSA) is 108 Å². The second-order valence-corrected chi connectivity index (χ2v) is 5.94. The summed E-state index contributed by atoms with van der Waals surface area (Å²) >= 11 is 0. The van der Waals surface area contributed by atoms with Crippen LogP contribution in [0.1, 0.15) is 25.5 Å². The number of benzene rings is 2. The molecule has 9 nitrogen and oxygen atoms in total. The summed E-state index contributed by atoms with van der Waals surface area (Å²) in [5.41, 5.74) is 4.62. The number of para-hydroxylation sites is 1. The number of amides is 1. The third-order valence-electron chi connectivity index (χ3n) is 3.95. The second kappa shape index (κ2) is 8.30. The highest BCUT2D eigenvalue weighted by Crippen LogP contribution is 2.27. The van der Waals surface area contributed by atoms with Gasteiger partial charge in [-0.1, -0.05) is 17.3 Å². The molecule has 0 spiro atoms. The summed E-state index contributed by atoms with van der Waals surface area (Å²) in [7, 11) is 1.47. The van der Waals surface area contributed by atoms with E-state index in [9.17, 15) is 9.59 Å². The molecule has 3 rings (SSSR count). The molecular formula is C19H19N5O4.